The number of nitrogens with one attached hydrogen (secondary N) is 2. The van der Waals surface area contributed by atoms with Crippen LogP contribution in [0.25, 0.3) is 5.76 Å². The highest BCUT2D eigenvalue weighted by Gasteiger charge is 2.07. The van der Waals surface area contributed by atoms with E-state index in [1.807, 2.05) is 40.6 Å². The first kappa shape index (κ1) is 17.1. The topological polar surface area (TPSA) is 42.5 Å². The number of hydrogen-bond donors (Lipinski definition) is 2. The Labute approximate surface area is 137 Å². The molecule has 23 heavy (non-hydrogen) atoms. The number of anilines is 3. The normalized spacial score (nSPS) is 11.5. The zero-order valence-corrected chi connectivity index (χ0v) is 14.3. The molecule has 0 spiro atoms. The number of benzene rings is 2. The fourth-order valence-corrected chi connectivity index (χ4v) is 2.24. The van der Waals surface area contributed by atoms with E-state index < -0.39 is 6.10 Å². The van der Waals surface area contributed by atoms with Crippen molar-refractivity contribution in [3.8, 4) is 5.75 Å². The van der Waals surface area contributed by atoms with Gasteiger partial charge >= 0.3 is 0 Å². The minimum absolute atomic E-state index is 0.452. The fraction of sp³-hybridized carbons (Fsp3) is 0.176. The molecule has 0 bridgehead atoms. The fourth-order valence-electron chi connectivity index (χ4n) is 2.08. The minimum Gasteiger partial charge on any atom is -0.497 e. The summed E-state index contributed by atoms with van der Waals surface area (Å²) in [6, 6.07) is 12.9. The SMILES string of the molecule is C=C(OC)c1ccc(Nc2cccc(OC(F)P)c2)c(NC)c1. The average Bonchev–Trinajstić information content (AvgIpc) is 2.54. The lowest BCUT2D eigenvalue weighted by atomic mass is 10.1. The Balaban J connectivity index is 2.24. The highest BCUT2D eigenvalue weighted by atomic mass is 31.0. The van der Waals surface area contributed by atoms with Crippen LogP contribution in [0.15, 0.2) is 49.0 Å². The van der Waals surface area contributed by atoms with Gasteiger partial charge in [0.15, 0.2) is 0 Å². The molecule has 0 fully saturated rings. The smallest absolute Gasteiger partial charge is 0.249 e. The first-order valence-corrected chi connectivity index (χ1v) is 7.68. The van der Waals surface area contributed by atoms with Crippen molar-refractivity contribution in [3.63, 3.8) is 0 Å². The second-order valence-electron chi connectivity index (χ2n) is 4.76. The molecule has 2 aromatic rings. The largest absolute Gasteiger partial charge is 0.497 e. The van der Waals surface area contributed by atoms with Crippen LogP contribution in [0, 0.1) is 0 Å². The van der Waals surface area contributed by atoms with Gasteiger partial charge in [0.05, 0.1) is 18.5 Å². The van der Waals surface area contributed by atoms with Crippen LogP contribution in [-0.4, -0.2) is 20.3 Å². The Morgan fingerprint density at radius 2 is 2.00 bits per heavy atom. The molecule has 2 atom stereocenters. The molecule has 0 aliphatic heterocycles. The number of ether oxygens (including phenoxy) is 2. The van der Waals surface area contributed by atoms with E-state index in [2.05, 4.69) is 17.2 Å². The van der Waals surface area contributed by atoms with Crippen LogP contribution < -0.4 is 15.4 Å². The standard InChI is InChI=1S/C17H20FN2O2P/c1-11(21-3)12-7-8-15(16(9-12)19-2)20-13-5-4-6-14(10-13)22-17(18)23/h4-10,17,19-20H,1,23H2,2-3H3. The average molecular weight is 334 g/mol. The second-order valence-corrected chi connectivity index (χ2v) is 5.28. The van der Waals surface area contributed by atoms with E-state index >= 15 is 0 Å². The summed E-state index contributed by atoms with van der Waals surface area (Å²) in [5, 5.41) is 6.41. The Hall–Kier alpha value is -2.26. The second kappa shape index (κ2) is 7.84. The van der Waals surface area contributed by atoms with E-state index in [0.29, 0.717) is 11.5 Å². The molecule has 122 valence electrons. The van der Waals surface area contributed by atoms with Crippen molar-refractivity contribution in [3.05, 3.63) is 54.6 Å². The van der Waals surface area contributed by atoms with Crippen molar-refractivity contribution in [1.82, 2.24) is 0 Å². The summed E-state index contributed by atoms with van der Waals surface area (Å²) in [4.78, 5) is 0. The Morgan fingerprint density at radius 3 is 2.65 bits per heavy atom. The third-order valence-electron chi connectivity index (χ3n) is 3.22. The van der Waals surface area contributed by atoms with Gasteiger partial charge in [0.2, 0.25) is 6.10 Å². The van der Waals surface area contributed by atoms with Crippen molar-refractivity contribution in [2.75, 3.05) is 24.8 Å². The Kier molecular flexibility index (Phi) is 5.83. The molecule has 6 heteroatoms. The summed E-state index contributed by atoms with van der Waals surface area (Å²) in [5.41, 5.74) is 3.45. The molecule has 0 radical (unpaired) electrons. The Bertz CT molecular complexity index is 692. The maximum absolute atomic E-state index is 12.9. The van der Waals surface area contributed by atoms with Gasteiger partial charge in [-0.05, 0) is 30.3 Å². The summed E-state index contributed by atoms with van der Waals surface area (Å²) >= 11 is 0. The van der Waals surface area contributed by atoms with E-state index in [4.69, 9.17) is 9.47 Å². The number of halogens is 1. The van der Waals surface area contributed by atoms with Gasteiger partial charge in [-0.2, -0.15) is 4.39 Å². The van der Waals surface area contributed by atoms with Gasteiger partial charge in [-0.15, -0.1) is 0 Å². The van der Waals surface area contributed by atoms with Crippen molar-refractivity contribution >= 4 is 32.1 Å². The highest BCUT2D eigenvalue weighted by Crippen LogP contribution is 2.30. The maximum Gasteiger partial charge on any atom is 0.249 e. The van der Waals surface area contributed by atoms with Crippen LogP contribution in [0.1, 0.15) is 5.56 Å². The predicted octanol–water partition coefficient (Wildman–Crippen LogP) is 4.60. The number of methoxy groups -OCH3 is 1. The van der Waals surface area contributed by atoms with Crippen molar-refractivity contribution in [1.29, 1.82) is 0 Å². The zero-order chi connectivity index (χ0) is 16.8. The quantitative estimate of drug-likeness (QED) is 0.574. The van der Waals surface area contributed by atoms with E-state index in [-0.39, 0.29) is 0 Å². The van der Waals surface area contributed by atoms with Crippen LogP contribution >= 0.6 is 9.24 Å². The van der Waals surface area contributed by atoms with Gasteiger partial charge in [0.25, 0.3) is 0 Å². The maximum atomic E-state index is 12.9. The van der Waals surface area contributed by atoms with Crippen LogP contribution in [-0.2, 0) is 4.74 Å². The molecule has 0 saturated heterocycles. The highest BCUT2D eigenvalue weighted by molar-refractivity contribution is 7.16. The number of alkyl halides is 1. The van der Waals surface area contributed by atoms with E-state index in [0.717, 1.165) is 22.6 Å². The lowest BCUT2D eigenvalue weighted by Gasteiger charge is -2.15. The van der Waals surface area contributed by atoms with Crippen LogP contribution in [0.5, 0.6) is 5.75 Å². The zero-order valence-electron chi connectivity index (χ0n) is 13.1. The first-order chi connectivity index (χ1) is 11.0. The van der Waals surface area contributed by atoms with Gasteiger partial charge in [0, 0.05) is 24.4 Å². The molecule has 0 aliphatic rings. The lowest BCUT2D eigenvalue weighted by Crippen LogP contribution is -2.01. The van der Waals surface area contributed by atoms with Crippen LogP contribution in [0.4, 0.5) is 21.5 Å². The Morgan fingerprint density at radius 1 is 1.22 bits per heavy atom. The summed E-state index contributed by atoms with van der Waals surface area (Å²) in [6.45, 7) is 3.85. The van der Waals surface area contributed by atoms with E-state index in [9.17, 15) is 4.39 Å². The molecule has 2 aromatic carbocycles. The monoisotopic (exact) mass is 334 g/mol. The predicted molar refractivity (Wildman–Crippen MR) is 97.0 cm³/mol. The van der Waals surface area contributed by atoms with Gasteiger partial charge in [-0.1, -0.05) is 21.9 Å². The molecular formula is C17H20FN2O2P. The third kappa shape index (κ3) is 4.60. The van der Waals surface area contributed by atoms with E-state index in [1.54, 1.807) is 25.3 Å². The minimum atomic E-state index is -1.43. The lowest BCUT2D eigenvalue weighted by molar-refractivity contribution is 0.153. The first-order valence-electron chi connectivity index (χ1n) is 7.02. The summed E-state index contributed by atoms with van der Waals surface area (Å²) in [6.07, 6.45) is -1.43. The third-order valence-corrected chi connectivity index (χ3v) is 3.36. The summed E-state index contributed by atoms with van der Waals surface area (Å²) < 4.78 is 23.1. The molecule has 2 rings (SSSR count). The molecule has 0 heterocycles. The molecule has 0 saturated carbocycles. The van der Waals surface area contributed by atoms with Gasteiger partial charge in [-0.25, -0.2) is 0 Å². The molecule has 0 amide bonds. The molecule has 0 aliphatic carbocycles. The summed E-state index contributed by atoms with van der Waals surface area (Å²) in [7, 11) is 5.38. The van der Waals surface area contributed by atoms with Crippen molar-refractivity contribution < 1.29 is 13.9 Å². The molecule has 0 aromatic heterocycles. The molecule has 2 unspecified atom stereocenters. The van der Waals surface area contributed by atoms with Gasteiger partial charge < -0.3 is 20.1 Å². The molecule has 4 nitrogen and oxygen atoms in total. The van der Waals surface area contributed by atoms with E-state index in [1.165, 1.54) is 0 Å². The molecule has 2 N–H and O–H groups in total. The number of hydrogen-bond acceptors (Lipinski definition) is 4. The van der Waals surface area contributed by atoms with Crippen molar-refractivity contribution in [2.45, 2.75) is 6.10 Å². The van der Waals surface area contributed by atoms with Crippen LogP contribution in [0.2, 0.25) is 0 Å². The van der Waals surface area contributed by atoms with Gasteiger partial charge in [-0.3, -0.25) is 0 Å². The molecular weight excluding hydrogens is 314 g/mol. The van der Waals surface area contributed by atoms with Gasteiger partial charge in [0.1, 0.15) is 11.5 Å². The summed E-state index contributed by atoms with van der Waals surface area (Å²) in [5.74, 6) is 1.05. The van der Waals surface area contributed by atoms with Crippen LogP contribution in [0.3, 0.4) is 0 Å². The number of rotatable bonds is 7. The van der Waals surface area contributed by atoms with Crippen molar-refractivity contribution in [2.24, 2.45) is 0 Å².